The molecule has 0 atom stereocenters. The molecule has 0 aliphatic carbocycles. The molecule has 1 fully saturated rings. The molecule has 1 aromatic rings. The van der Waals surface area contributed by atoms with Gasteiger partial charge in [-0.25, -0.2) is 0 Å². The van der Waals surface area contributed by atoms with E-state index in [4.69, 9.17) is 9.47 Å². The molecule has 1 heterocycles. The summed E-state index contributed by atoms with van der Waals surface area (Å²) in [6.45, 7) is 2.30. The standard InChI is InChI=1S/C15H18N2O5S/c1-2-21-12-6-4-3-5-11(12)16-13(18)10-22-14(19)9-17-7-8-23-15(17)20/h3-6H,2,7-10H2,1H3,(H,16,18). The molecule has 124 valence electrons. The van der Waals surface area contributed by atoms with Crippen LogP contribution in [0, 0.1) is 0 Å². The molecular weight excluding hydrogens is 320 g/mol. The topological polar surface area (TPSA) is 84.9 Å². The van der Waals surface area contributed by atoms with Gasteiger partial charge in [0.25, 0.3) is 11.1 Å². The summed E-state index contributed by atoms with van der Waals surface area (Å²) in [5, 5.41) is 2.49. The molecule has 0 aromatic heterocycles. The van der Waals surface area contributed by atoms with Gasteiger partial charge < -0.3 is 19.7 Å². The molecule has 0 radical (unpaired) electrons. The van der Waals surface area contributed by atoms with E-state index in [-0.39, 0.29) is 11.8 Å². The maximum absolute atomic E-state index is 11.8. The van der Waals surface area contributed by atoms with E-state index >= 15 is 0 Å². The SMILES string of the molecule is CCOc1ccccc1NC(=O)COC(=O)CN1CCSC1=O. The van der Waals surface area contributed by atoms with E-state index < -0.39 is 18.5 Å². The summed E-state index contributed by atoms with van der Waals surface area (Å²) in [5.74, 6) is 0.150. The number of carbonyl (C=O) groups excluding carboxylic acids is 3. The van der Waals surface area contributed by atoms with Crippen LogP contribution in [0.5, 0.6) is 5.75 Å². The number of para-hydroxylation sites is 2. The van der Waals surface area contributed by atoms with Gasteiger partial charge >= 0.3 is 5.97 Å². The third-order valence-electron chi connectivity index (χ3n) is 2.99. The van der Waals surface area contributed by atoms with Gasteiger partial charge in [0.05, 0.1) is 12.3 Å². The van der Waals surface area contributed by atoms with Gasteiger partial charge in [0.2, 0.25) is 0 Å². The lowest BCUT2D eigenvalue weighted by Crippen LogP contribution is -2.32. The molecule has 1 aliphatic rings. The summed E-state index contributed by atoms with van der Waals surface area (Å²) >= 11 is 1.17. The molecule has 1 N–H and O–H groups in total. The van der Waals surface area contributed by atoms with E-state index in [1.165, 1.54) is 16.7 Å². The predicted octanol–water partition coefficient (Wildman–Crippen LogP) is 1.74. The fourth-order valence-electron chi connectivity index (χ4n) is 1.95. The van der Waals surface area contributed by atoms with Crippen molar-refractivity contribution in [2.45, 2.75) is 6.92 Å². The number of hydrogen-bond acceptors (Lipinski definition) is 6. The minimum atomic E-state index is -0.603. The van der Waals surface area contributed by atoms with Crippen molar-refractivity contribution in [3.8, 4) is 5.75 Å². The Morgan fingerprint density at radius 3 is 2.83 bits per heavy atom. The maximum Gasteiger partial charge on any atom is 0.326 e. The number of nitrogens with zero attached hydrogens (tertiary/aromatic N) is 1. The van der Waals surface area contributed by atoms with E-state index in [0.29, 0.717) is 30.3 Å². The zero-order valence-electron chi connectivity index (χ0n) is 12.7. The lowest BCUT2D eigenvalue weighted by Gasteiger charge is -2.14. The molecule has 23 heavy (non-hydrogen) atoms. The second-order valence-electron chi connectivity index (χ2n) is 4.67. The molecule has 0 unspecified atom stereocenters. The van der Waals surface area contributed by atoms with Crippen LogP contribution in [0.4, 0.5) is 10.5 Å². The van der Waals surface area contributed by atoms with Crippen molar-refractivity contribution in [1.29, 1.82) is 0 Å². The second-order valence-corrected chi connectivity index (χ2v) is 5.72. The van der Waals surface area contributed by atoms with Crippen molar-refractivity contribution in [2.75, 3.05) is 37.4 Å². The third-order valence-corrected chi connectivity index (χ3v) is 3.88. The summed E-state index contributed by atoms with van der Waals surface area (Å²) in [7, 11) is 0. The van der Waals surface area contributed by atoms with Crippen LogP contribution in [0.25, 0.3) is 0 Å². The second kappa shape index (κ2) is 8.42. The van der Waals surface area contributed by atoms with Crippen molar-refractivity contribution in [3.63, 3.8) is 0 Å². The molecule has 0 bridgehead atoms. The first-order chi connectivity index (χ1) is 11.1. The smallest absolute Gasteiger partial charge is 0.326 e. The molecule has 1 saturated heterocycles. The number of nitrogens with one attached hydrogen (secondary N) is 1. The predicted molar refractivity (Wildman–Crippen MR) is 86.6 cm³/mol. The molecule has 0 saturated carbocycles. The molecule has 2 amide bonds. The number of anilines is 1. The maximum atomic E-state index is 11.8. The Morgan fingerprint density at radius 1 is 1.35 bits per heavy atom. The van der Waals surface area contributed by atoms with Gasteiger partial charge in [-0.1, -0.05) is 23.9 Å². The molecular formula is C15H18N2O5S. The molecule has 1 aromatic carbocycles. The lowest BCUT2D eigenvalue weighted by molar-refractivity contribution is -0.147. The van der Waals surface area contributed by atoms with Crippen molar-refractivity contribution in [3.05, 3.63) is 24.3 Å². The van der Waals surface area contributed by atoms with Crippen LogP contribution in [-0.4, -0.2) is 54.1 Å². The van der Waals surface area contributed by atoms with Crippen molar-refractivity contribution >= 4 is 34.6 Å². The molecule has 7 nitrogen and oxygen atoms in total. The normalized spacial score (nSPS) is 13.8. The number of esters is 1. The fraction of sp³-hybridized carbons (Fsp3) is 0.400. The Labute approximate surface area is 138 Å². The van der Waals surface area contributed by atoms with Gasteiger partial charge in [0.15, 0.2) is 6.61 Å². The van der Waals surface area contributed by atoms with Crippen LogP contribution in [0.15, 0.2) is 24.3 Å². The van der Waals surface area contributed by atoms with Gasteiger partial charge in [-0.3, -0.25) is 14.4 Å². The Kier molecular flexibility index (Phi) is 6.28. The van der Waals surface area contributed by atoms with Gasteiger partial charge in [-0.2, -0.15) is 0 Å². The molecule has 0 spiro atoms. The van der Waals surface area contributed by atoms with Gasteiger partial charge in [-0.05, 0) is 19.1 Å². The van der Waals surface area contributed by atoms with Crippen LogP contribution < -0.4 is 10.1 Å². The number of rotatable bonds is 7. The number of thioether (sulfide) groups is 1. The average Bonchev–Trinajstić information content (AvgIpc) is 2.93. The monoisotopic (exact) mass is 338 g/mol. The van der Waals surface area contributed by atoms with E-state index in [1.807, 2.05) is 6.92 Å². The minimum Gasteiger partial charge on any atom is -0.492 e. The first-order valence-electron chi connectivity index (χ1n) is 7.19. The Hall–Kier alpha value is -2.22. The average molecular weight is 338 g/mol. The summed E-state index contributed by atoms with van der Waals surface area (Å²) < 4.78 is 10.3. The van der Waals surface area contributed by atoms with E-state index in [1.54, 1.807) is 24.3 Å². The first kappa shape index (κ1) is 17.1. The molecule has 8 heteroatoms. The van der Waals surface area contributed by atoms with E-state index in [9.17, 15) is 14.4 Å². The number of benzene rings is 1. The number of hydrogen-bond donors (Lipinski definition) is 1. The van der Waals surface area contributed by atoms with Gasteiger partial charge in [0.1, 0.15) is 12.3 Å². The zero-order chi connectivity index (χ0) is 16.7. The molecule has 2 rings (SSSR count). The van der Waals surface area contributed by atoms with Crippen molar-refractivity contribution in [2.24, 2.45) is 0 Å². The highest BCUT2D eigenvalue weighted by Gasteiger charge is 2.24. The van der Waals surface area contributed by atoms with Crippen LogP contribution in [0.2, 0.25) is 0 Å². The minimum absolute atomic E-state index is 0.130. The largest absolute Gasteiger partial charge is 0.492 e. The fourth-order valence-corrected chi connectivity index (χ4v) is 2.78. The van der Waals surface area contributed by atoms with Gasteiger partial charge in [-0.15, -0.1) is 0 Å². The Balaban J connectivity index is 1.78. The van der Waals surface area contributed by atoms with Crippen molar-refractivity contribution < 1.29 is 23.9 Å². The number of carbonyl (C=O) groups is 3. The number of ether oxygens (including phenoxy) is 2. The number of amides is 2. The summed E-state index contributed by atoms with van der Waals surface area (Å²) in [5.41, 5.74) is 0.515. The van der Waals surface area contributed by atoms with Crippen LogP contribution in [0.3, 0.4) is 0 Å². The third kappa shape index (κ3) is 5.17. The summed E-state index contributed by atoms with van der Waals surface area (Å²) in [6.07, 6.45) is 0. The molecule has 1 aliphatic heterocycles. The zero-order valence-corrected chi connectivity index (χ0v) is 13.6. The van der Waals surface area contributed by atoms with Gasteiger partial charge in [0, 0.05) is 12.3 Å². The van der Waals surface area contributed by atoms with Crippen LogP contribution in [0.1, 0.15) is 6.92 Å². The highest BCUT2D eigenvalue weighted by atomic mass is 32.2. The van der Waals surface area contributed by atoms with Crippen molar-refractivity contribution in [1.82, 2.24) is 4.90 Å². The Morgan fingerprint density at radius 2 is 2.13 bits per heavy atom. The quantitative estimate of drug-likeness (QED) is 0.762. The summed E-state index contributed by atoms with van der Waals surface area (Å²) in [4.78, 5) is 36.3. The first-order valence-corrected chi connectivity index (χ1v) is 8.17. The Bertz CT molecular complexity index is 593. The van der Waals surface area contributed by atoms with E-state index in [2.05, 4.69) is 5.32 Å². The van der Waals surface area contributed by atoms with E-state index in [0.717, 1.165) is 0 Å². The summed E-state index contributed by atoms with van der Waals surface area (Å²) in [6, 6.07) is 7.00. The van der Waals surface area contributed by atoms with Crippen LogP contribution >= 0.6 is 11.8 Å². The highest BCUT2D eigenvalue weighted by molar-refractivity contribution is 8.13. The van der Waals surface area contributed by atoms with Crippen LogP contribution in [-0.2, 0) is 14.3 Å². The lowest BCUT2D eigenvalue weighted by atomic mass is 10.3. The highest BCUT2D eigenvalue weighted by Crippen LogP contribution is 2.23.